The first-order chi connectivity index (χ1) is 8.24. The highest BCUT2D eigenvalue weighted by Gasteiger charge is 2.51. The number of carbonyl (C=O) groups excluding carboxylic acids is 2. The van der Waals surface area contributed by atoms with Crippen molar-refractivity contribution in [2.45, 2.75) is 19.3 Å². The summed E-state index contributed by atoms with van der Waals surface area (Å²) >= 11 is 0. The molecule has 0 aromatic rings. The van der Waals surface area contributed by atoms with E-state index in [1.807, 2.05) is 0 Å². The van der Waals surface area contributed by atoms with Gasteiger partial charge in [0.15, 0.2) is 0 Å². The molecule has 0 radical (unpaired) electrons. The molecule has 2 saturated carbocycles. The topological polar surface area (TPSA) is 82.9 Å². The maximum atomic E-state index is 11.7. The van der Waals surface area contributed by atoms with Crippen LogP contribution in [0.1, 0.15) is 19.3 Å². The number of carbonyl (C=O) groups is 2. The molecule has 0 aromatic carbocycles. The number of nitrogens with one attached hydrogen (secondary N) is 2. The zero-order chi connectivity index (χ0) is 11.6. The summed E-state index contributed by atoms with van der Waals surface area (Å²) in [7, 11) is 0. The van der Waals surface area contributed by atoms with Crippen LogP contribution in [0.5, 0.6) is 0 Å². The van der Waals surface area contributed by atoms with Crippen molar-refractivity contribution >= 4 is 23.2 Å². The predicted molar refractivity (Wildman–Crippen MR) is 59.0 cm³/mol. The minimum atomic E-state index is -0.103. The first-order valence-corrected chi connectivity index (χ1v) is 5.97. The van der Waals surface area contributed by atoms with E-state index < -0.39 is 0 Å². The van der Waals surface area contributed by atoms with Gasteiger partial charge in [-0.05, 0) is 25.2 Å². The fourth-order valence-electron chi connectivity index (χ4n) is 3.69. The van der Waals surface area contributed by atoms with E-state index in [0.717, 1.165) is 30.7 Å². The summed E-state index contributed by atoms with van der Waals surface area (Å²) in [6.07, 6.45) is 2.46. The molecule has 6 nitrogen and oxygen atoms in total. The van der Waals surface area contributed by atoms with E-state index >= 15 is 0 Å². The first kappa shape index (κ1) is 9.32. The zero-order valence-corrected chi connectivity index (χ0v) is 9.14. The molecule has 88 valence electrons. The number of amides is 2. The van der Waals surface area contributed by atoms with Crippen molar-refractivity contribution in [3.05, 3.63) is 0 Å². The molecule has 2 N–H and O–H groups in total. The SMILES string of the molecule is O=C1NN=C2[C@@H]3CC4=NNC(=O)[C@H]4[C@H](C3)C[C@H]12. The molecule has 2 fully saturated rings. The predicted octanol–water partition coefficient (Wildman–Crippen LogP) is -0.380. The van der Waals surface area contributed by atoms with E-state index in [9.17, 15) is 9.59 Å². The first-order valence-electron chi connectivity index (χ1n) is 5.97. The summed E-state index contributed by atoms with van der Waals surface area (Å²) in [5.74, 6) is 0.342. The molecular weight excluding hydrogens is 220 g/mol. The molecule has 6 heteroatoms. The molecule has 2 heterocycles. The van der Waals surface area contributed by atoms with Gasteiger partial charge in [0.25, 0.3) is 0 Å². The summed E-state index contributed by atoms with van der Waals surface area (Å²) in [5, 5.41) is 8.26. The number of nitrogens with zero attached hydrogens (tertiary/aromatic N) is 2. The number of hydrogen-bond acceptors (Lipinski definition) is 4. The van der Waals surface area contributed by atoms with Gasteiger partial charge in [-0.2, -0.15) is 10.2 Å². The number of rotatable bonds is 0. The van der Waals surface area contributed by atoms with Gasteiger partial charge >= 0.3 is 0 Å². The third-order valence-corrected chi connectivity index (χ3v) is 4.39. The zero-order valence-electron chi connectivity index (χ0n) is 9.14. The second kappa shape index (κ2) is 2.94. The Kier molecular flexibility index (Phi) is 1.61. The van der Waals surface area contributed by atoms with Crippen molar-refractivity contribution in [3.8, 4) is 0 Å². The minimum absolute atomic E-state index is 0.00208. The van der Waals surface area contributed by atoms with Gasteiger partial charge in [-0.25, -0.2) is 10.9 Å². The Labute approximate surface area is 97.5 Å². The summed E-state index contributed by atoms with van der Waals surface area (Å²) in [4.78, 5) is 23.4. The Balaban J connectivity index is 1.73. The average Bonchev–Trinajstić information content (AvgIpc) is 2.85. The van der Waals surface area contributed by atoms with E-state index in [1.165, 1.54) is 0 Å². The Bertz CT molecular complexity index is 496. The molecular formula is C11H12N4O2. The van der Waals surface area contributed by atoms with Crippen LogP contribution in [0.25, 0.3) is 0 Å². The fraction of sp³-hybridized carbons (Fsp3) is 0.636. The lowest BCUT2D eigenvalue weighted by atomic mass is 9.62. The summed E-state index contributed by atoms with van der Waals surface area (Å²) in [6, 6.07) is 0. The maximum Gasteiger partial charge on any atom is 0.249 e. The van der Waals surface area contributed by atoms with Crippen LogP contribution in [-0.4, -0.2) is 23.2 Å². The molecule has 0 unspecified atom stereocenters. The molecule has 0 spiro atoms. The molecule has 4 aliphatic rings. The van der Waals surface area contributed by atoms with Gasteiger partial charge in [-0.15, -0.1) is 0 Å². The van der Waals surface area contributed by atoms with Crippen LogP contribution in [0.4, 0.5) is 0 Å². The molecule has 17 heavy (non-hydrogen) atoms. The van der Waals surface area contributed by atoms with Gasteiger partial charge in [0.2, 0.25) is 11.8 Å². The summed E-state index contributed by atoms with van der Waals surface area (Å²) in [6.45, 7) is 0. The highest BCUT2D eigenvalue weighted by molar-refractivity contribution is 6.15. The third-order valence-electron chi connectivity index (χ3n) is 4.39. The Morgan fingerprint density at radius 1 is 1.06 bits per heavy atom. The lowest BCUT2D eigenvalue weighted by molar-refractivity contribution is -0.126. The van der Waals surface area contributed by atoms with Crippen molar-refractivity contribution < 1.29 is 9.59 Å². The van der Waals surface area contributed by atoms with E-state index in [4.69, 9.17) is 0 Å². The molecule has 0 saturated heterocycles. The van der Waals surface area contributed by atoms with Crippen LogP contribution in [0.15, 0.2) is 10.2 Å². The Morgan fingerprint density at radius 2 is 1.88 bits per heavy atom. The lowest BCUT2D eigenvalue weighted by Crippen LogP contribution is -2.46. The van der Waals surface area contributed by atoms with Crippen molar-refractivity contribution in [1.82, 2.24) is 10.9 Å². The van der Waals surface area contributed by atoms with E-state index in [1.54, 1.807) is 0 Å². The van der Waals surface area contributed by atoms with Crippen molar-refractivity contribution in [2.75, 3.05) is 0 Å². The second-order valence-corrected chi connectivity index (χ2v) is 5.25. The molecule has 0 aromatic heterocycles. The van der Waals surface area contributed by atoms with Gasteiger partial charge in [-0.1, -0.05) is 0 Å². The Morgan fingerprint density at radius 3 is 2.76 bits per heavy atom. The number of hydrogen-bond donors (Lipinski definition) is 2. The van der Waals surface area contributed by atoms with Crippen molar-refractivity contribution in [1.29, 1.82) is 0 Å². The van der Waals surface area contributed by atoms with Crippen LogP contribution < -0.4 is 10.9 Å². The van der Waals surface area contributed by atoms with Crippen LogP contribution in [0, 0.1) is 23.7 Å². The largest absolute Gasteiger partial charge is 0.272 e. The lowest BCUT2D eigenvalue weighted by Gasteiger charge is -2.39. The van der Waals surface area contributed by atoms with Gasteiger partial charge in [0.05, 0.1) is 23.3 Å². The van der Waals surface area contributed by atoms with Gasteiger partial charge in [0, 0.05) is 5.92 Å². The molecule has 2 amide bonds. The third kappa shape index (κ3) is 1.10. The molecule has 2 aliphatic heterocycles. The van der Waals surface area contributed by atoms with Crippen LogP contribution >= 0.6 is 0 Å². The molecule has 2 aliphatic carbocycles. The smallest absolute Gasteiger partial charge is 0.249 e. The standard InChI is InChI=1S/C11H12N4O2/c16-10-6-2-4-1-5(9(6)13-14-10)3-7-8(4)11(17)15-12-7/h4-6,8H,1-3H2,(H,14,16)(H,15,17)/t4-,5+,6+,8+/m1/s1. The monoisotopic (exact) mass is 232 g/mol. The average molecular weight is 232 g/mol. The molecule has 4 atom stereocenters. The fourth-order valence-corrected chi connectivity index (χ4v) is 3.69. The quantitative estimate of drug-likeness (QED) is 0.596. The van der Waals surface area contributed by atoms with Gasteiger partial charge in [-0.3, -0.25) is 9.59 Å². The van der Waals surface area contributed by atoms with Gasteiger partial charge in [0.1, 0.15) is 0 Å². The van der Waals surface area contributed by atoms with E-state index in [-0.39, 0.29) is 29.6 Å². The molecule has 4 rings (SSSR count). The number of fused-ring (bicyclic) bond motifs is 6. The van der Waals surface area contributed by atoms with Crippen molar-refractivity contribution in [2.24, 2.45) is 33.9 Å². The van der Waals surface area contributed by atoms with Gasteiger partial charge < -0.3 is 0 Å². The Hall–Kier alpha value is -1.72. The molecule has 2 bridgehead atoms. The summed E-state index contributed by atoms with van der Waals surface area (Å²) < 4.78 is 0. The van der Waals surface area contributed by atoms with Crippen LogP contribution in [0.3, 0.4) is 0 Å². The van der Waals surface area contributed by atoms with Crippen molar-refractivity contribution in [3.63, 3.8) is 0 Å². The minimum Gasteiger partial charge on any atom is -0.272 e. The van der Waals surface area contributed by atoms with E-state index in [2.05, 4.69) is 21.1 Å². The van der Waals surface area contributed by atoms with E-state index in [0.29, 0.717) is 5.92 Å². The van der Waals surface area contributed by atoms with Crippen LogP contribution in [0.2, 0.25) is 0 Å². The highest BCUT2D eigenvalue weighted by atomic mass is 16.2. The second-order valence-electron chi connectivity index (χ2n) is 5.25. The summed E-state index contributed by atoms with van der Waals surface area (Å²) in [5.41, 5.74) is 7.05. The highest BCUT2D eigenvalue weighted by Crippen LogP contribution is 2.45. The van der Waals surface area contributed by atoms with Crippen LogP contribution in [-0.2, 0) is 9.59 Å². The normalized spacial score (nSPS) is 42.1. The maximum absolute atomic E-state index is 11.7. The number of hydrazone groups is 2.